The van der Waals surface area contributed by atoms with Gasteiger partial charge in [-0.3, -0.25) is 4.79 Å². The van der Waals surface area contributed by atoms with Crippen molar-refractivity contribution in [2.75, 3.05) is 7.11 Å². The predicted octanol–water partition coefficient (Wildman–Crippen LogP) is 1.69. The number of hydrogen-bond donors (Lipinski definition) is 1. The van der Waals surface area contributed by atoms with E-state index in [1.807, 2.05) is 0 Å². The smallest absolute Gasteiger partial charge is 0.272 e. The number of amides is 1. The zero-order valence-corrected chi connectivity index (χ0v) is 10.6. The van der Waals surface area contributed by atoms with E-state index in [1.54, 1.807) is 0 Å². The van der Waals surface area contributed by atoms with Crippen LogP contribution in [0.4, 0.5) is 8.78 Å². The Hall–Kier alpha value is -2.57. The van der Waals surface area contributed by atoms with Gasteiger partial charge in [-0.2, -0.15) is 0 Å². The summed E-state index contributed by atoms with van der Waals surface area (Å²) in [7, 11) is 1.42. The molecule has 1 amide bonds. The summed E-state index contributed by atoms with van der Waals surface area (Å²) in [6.07, 6.45) is 0. The number of carbonyl (C=O) groups is 1. The van der Waals surface area contributed by atoms with Gasteiger partial charge in [0.1, 0.15) is 11.6 Å². The molecule has 20 heavy (non-hydrogen) atoms. The fraction of sp³-hybridized carbons (Fsp3) is 0.154. The normalized spacial score (nSPS) is 10.2. The Bertz CT molecular complexity index is 597. The molecule has 104 valence electrons. The first-order chi connectivity index (χ1) is 9.61. The number of aromatic nitrogens is 2. The second-order valence-corrected chi connectivity index (χ2v) is 3.84. The van der Waals surface area contributed by atoms with Crippen LogP contribution in [0.5, 0.6) is 5.88 Å². The molecule has 0 aliphatic rings. The van der Waals surface area contributed by atoms with Crippen LogP contribution in [0.3, 0.4) is 0 Å². The Balaban J connectivity index is 2.04. The average molecular weight is 279 g/mol. The highest BCUT2D eigenvalue weighted by molar-refractivity contribution is 5.92. The lowest BCUT2D eigenvalue weighted by Crippen LogP contribution is -2.25. The molecule has 0 saturated heterocycles. The fourth-order valence-electron chi connectivity index (χ4n) is 1.51. The Morgan fingerprint density at radius 2 is 1.90 bits per heavy atom. The molecule has 0 spiro atoms. The van der Waals surface area contributed by atoms with E-state index in [1.165, 1.54) is 25.3 Å². The van der Waals surface area contributed by atoms with Crippen molar-refractivity contribution < 1.29 is 18.3 Å². The first kappa shape index (κ1) is 13.9. The molecule has 2 aromatic rings. The number of benzene rings is 1. The number of hydrogen-bond acceptors (Lipinski definition) is 4. The van der Waals surface area contributed by atoms with Crippen molar-refractivity contribution >= 4 is 5.91 Å². The van der Waals surface area contributed by atoms with E-state index in [0.717, 1.165) is 12.1 Å². The second-order valence-electron chi connectivity index (χ2n) is 3.84. The van der Waals surface area contributed by atoms with Crippen LogP contribution in [0.15, 0.2) is 30.3 Å². The van der Waals surface area contributed by atoms with E-state index >= 15 is 0 Å². The summed E-state index contributed by atoms with van der Waals surface area (Å²) < 4.78 is 31.5. The van der Waals surface area contributed by atoms with Crippen LogP contribution in [-0.2, 0) is 6.54 Å². The Kier molecular flexibility index (Phi) is 4.19. The quantitative estimate of drug-likeness (QED) is 0.925. The average Bonchev–Trinajstić information content (AvgIpc) is 2.46. The largest absolute Gasteiger partial charge is 0.480 e. The number of halogens is 2. The maximum absolute atomic E-state index is 13.4. The molecule has 0 bridgehead atoms. The van der Waals surface area contributed by atoms with Gasteiger partial charge in [-0.15, -0.1) is 10.2 Å². The molecule has 0 fully saturated rings. The lowest BCUT2D eigenvalue weighted by molar-refractivity contribution is 0.0944. The molecule has 0 unspecified atom stereocenters. The minimum Gasteiger partial charge on any atom is -0.480 e. The minimum atomic E-state index is -0.717. The lowest BCUT2D eigenvalue weighted by atomic mass is 10.2. The summed E-state index contributed by atoms with van der Waals surface area (Å²) in [5.74, 6) is -1.75. The van der Waals surface area contributed by atoms with E-state index in [0.29, 0.717) is 0 Å². The SMILES string of the molecule is COc1ccc(C(=O)NCc2c(F)cccc2F)nn1. The maximum atomic E-state index is 13.4. The zero-order chi connectivity index (χ0) is 14.5. The van der Waals surface area contributed by atoms with Gasteiger partial charge in [-0.05, 0) is 18.2 Å². The van der Waals surface area contributed by atoms with Gasteiger partial charge in [-0.1, -0.05) is 6.07 Å². The van der Waals surface area contributed by atoms with Crippen molar-refractivity contribution in [3.8, 4) is 5.88 Å². The number of carbonyl (C=O) groups excluding carboxylic acids is 1. The highest BCUT2D eigenvalue weighted by atomic mass is 19.1. The van der Waals surface area contributed by atoms with Crippen molar-refractivity contribution in [1.29, 1.82) is 0 Å². The Labute approximate surface area is 113 Å². The van der Waals surface area contributed by atoms with Crippen LogP contribution in [0, 0.1) is 11.6 Å². The van der Waals surface area contributed by atoms with Gasteiger partial charge >= 0.3 is 0 Å². The van der Waals surface area contributed by atoms with E-state index in [4.69, 9.17) is 4.74 Å². The van der Waals surface area contributed by atoms with E-state index in [-0.39, 0.29) is 23.7 Å². The van der Waals surface area contributed by atoms with Crippen molar-refractivity contribution in [3.63, 3.8) is 0 Å². The third kappa shape index (κ3) is 3.05. The fourth-order valence-corrected chi connectivity index (χ4v) is 1.51. The van der Waals surface area contributed by atoms with Crippen LogP contribution in [0.1, 0.15) is 16.1 Å². The van der Waals surface area contributed by atoms with Gasteiger partial charge in [0, 0.05) is 18.2 Å². The Morgan fingerprint density at radius 1 is 1.20 bits per heavy atom. The molecule has 2 rings (SSSR count). The third-order valence-electron chi connectivity index (χ3n) is 2.57. The topological polar surface area (TPSA) is 64.1 Å². The van der Waals surface area contributed by atoms with Gasteiger partial charge < -0.3 is 10.1 Å². The van der Waals surface area contributed by atoms with Gasteiger partial charge in [0.2, 0.25) is 5.88 Å². The maximum Gasteiger partial charge on any atom is 0.272 e. The zero-order valence-electron chi connectivity index (χ0n) is 10.6. The molecular weight excluding hydrogens is 268 g/mol. The monoisotopic (exact) mass is 279 g/mol. The van der Waals surface area contributed by atoms with Crippen LogP contribution in [-0.4, -0.2) is 23.2 Å². The number of ether oxygens (including phenoxy) is 1. The summed E-state index contributed by atoms with van der Waals surface area (Å²) in [6, 6.07) is 6.37. The highest BCUT2D eigenvalue weighted by Gasteiger charge is 2.12. The van der Waals surface area contributed by atoms with Gasteiger partial charge in [0.15, 0.2) is 5.69 Å². The number of methoxy groups -OCH3 is 1. The lowest BCUT2D eigenvalue weighted by Gasteiger charge is -2.06. The van der Waals surface area contributed by atoms with Gasteiger partial charge in [-0.25, -0.2) is 8.78 Å². The van der Waals surface area contributed by atoms with Crippen molar-refractivity contribution in [1.82, 2.24) is 15.5 Å². The molecule has 7 heteroatoms. The Morgan fingerprint density at radius 3 is 2.45 bits per heavy atom. The molecule has 1 aromatic heterocycles. The van der Waals surface area contributed by atoms with Crippen molar-refractivity contribution in [2.24, 2.45) is 0 Å². The predicted molar refractivity (Wildman–Crippen MR) is 66.1 cm³/mol. The highest BCUT2D eigenvalue weighted by Crippen LogP contribution is 2.11. The van der Waals surface area contributed by atoms with Gasteiger partial charge in [0.05, 0.1) is 7.11 Å². The molecule has 0 atom stereocenters. The summed E-state index contributed by atoms with van der Waals surface area (Å²) in [5.41, 5.74) is -0.176. The number of nitrogens with one attached hydrogen (secondary N) is 1. The molecule has 0 saturated carbocycles. The third-order valence-corrected chi connectivity index (χ3v) is 2.57. The van der Waals surface area contributed by atoms with E-state index in [2.05, 4.69) is 15.5 Å². The van der Waals surface area contributed by atoms with Crippen molar-refractivity contribution in [2.45, 2.75) is 6.54 Å². The van der Waals surface area contributed by atoms with E-state index < -0.39 is 17.5 Å². The molecule has 5 nitrogen and oxygen atoms in total. The summed E-state index contributed by atoms with van der Waals surface area (Å²) in [4.78, 5) is 11.7. The first-order valence-corrected chi connectivity index (χ1v) is 5.70. The molecule has 1 N–H and O–H groups in total. The first-order valence-electron chi connectivity index (χ1n) is 5.70. The molecule has 0 aliphatic carbocycles. The number of rotatable bonds is 4. The summed E-state index contributed by atoms with van der Waals surface area (Å²) in [6.45, 7) is -0.273. The van der Waals surface area contributed by atoms with Crippen molar-refractivity contribution in [3.05, 3.63) is 53.2 Å². The molecule has 1 heterocycles. The number of nitrogens with zero attached hydrogens (tertiary/aromatic N) is 2. The molecule has 0 radical (unpaired) electrons. The minimum absolute atomic E-state index is 0.0301. The molecule has 1 aromatic carbocycles. The summed E-state index contributed by atoms with van der Waals surface area (Å²) in [5, 5.41) is 9.63. The van der Waals surface area contributed by atoms with Crippen LogP contribution >= 0.6 is 0 Å². The van der Waals surface area contributed by atoms with Crippen LogP contribution < -0.4 is 10.1 Å². The molecule has 0 aliphatic heterocycles. The van der Waals surface area contributed by atoms with Crippen LogP contribution in [0.2, 0.25) is 0 Å². The van der Waals surface area contributed by atoms with Crippen LogP contribution in [0.25, 0.3) is 0 Å². The van der Waals surface area contributed by atoms with E-state index in [9.17, 15) is 13.6 Å². The standard InChI is InChI=1S/C13H11F2N3O2/c1-20-12-6-5-11(17-18-12)13(19)16-7-8-9(14)3-2-4-10(8)15/h2-6H,7H2,1H3,(H,16,19). The van der Waals surface area contributed by atoms with Gasteiger partial charge in [0.25, 0.3) is 5.91 Å². The second kappa shape index (κ2) is 6.05. The molecular formula is C13H11F2N3O2. The summed E-state index contributed by atoms with van der Waals surface area (Å²) >= 11 is 0.